The summed E-state index contributed by atoms with van der Waals surface area (Å²) in [5, 5.41) is 5.56. The predicted octanol–water partition coefficient (Wildman–Crippen LogP) is 2.85. The van der Waals surface area contributed by atoms with Crippen LogP contribution in [0, 0.1) is 6.92 Å². The number of halogens is 1. The van der Waals surface area contributed by atoms with Gasteiger partial charge in [0.25, 0.3) is 17.7 Å². The van der Waals surface area contributed by atoms with Gasteiger partial charge < -0.3 is 25.0 Å². The van der Waals surface area contributed by atoms with Crippen LogP contribution in [0.15, 0.2) is 30.3 Å². The van der Waals surface area contributed by atoms with E-state index >= 15 is 0 Å². The van der Waals surface area contributed by atoms with Gasteiger partial charge in [0.05, 0.1) is 22.4 Å². The van der Waals surface area contributed by atoms with Gasteiger partial charge in [0, 0.05) is 25.0 Å². The van der Waals surface area contributed by atoms with Crippen LogP contribution in [0.2, 0.25) is 4.34 Å². The Morgan fingerprint density at radius 3 is 2.71 bits per heavy atom. The first kappa shape index (κ1) is 23.2. The van der Waals surface area contributed by atoms with Gasteiger partial charge in [-0.15, -0.1) is 11.3 Å². The van der Waals surface area contributed by atoms with Crippen LogP contribution >= 0.6 is 22.9 Å². The van der Waals surface area contributed by atoms with Crippen molar-refractivity contribution in [1.29, 1.82) is 0 Å². The summed E-state index contributed by atoms with van der Waals surface area (Å²) < 4.78 is 10.8. The van der Waals surface area contributed by atoms with E-state index in [0.29, 0.717) is 28.1 Å². The van der Waals surface area contributed by atoms with Crippen LogP contribution in [0.1, 0.15) is 22.2 Å². The third-order valence-electron chi connectivity index (χ3n) is 4.85. The molecule has 0 saturated carbocycles. The van der Waals surface area contributed by atoms with E-state index in [2.05, 4.69) is 10.6 Å². The number of hydrogen-bond donors (Lipinski definition) is 2. The molecule has 1 aromatic heterocycles. The molecule has 1 fully saturated rings. The SMILES string of the molecule is COC[C@@](C)(NC(=O)c1ccc(Cl)s1)C(=O)Nc1ccc(N2CCOCC2=O)c(C)c1. The number of aryl methyl sites for hydroxylation is 1. The Bertz CT molecular complexity index is 995. The maximum atomic E-state index is 13.0. The molecule has 8 nitrogen and oxygen atoms in total. The number of hydrogen-bond acceptors (Lipinski definition) is 6. The summed E-state index contributed by atoms with van der Waals surface area (Å²) >= 11 is 7.03. The second kappa shape index (κ2) is 9.78. The Labute approximate surface area is 189 Å². The maximum absolute atomic E-state index is 13.0. The number of rotatable bonds is 7. The van der Waals surface area contributed by atoms with E-state index < -0.39 is 17.4 Å². The molecule has 166 valence electrons. The number of morpholine rings is 1. The molecule has 31 heavy (non-hydrogen) atoms. The zero-order valence-electron chi connectivity index (χ0n) is 17.5. The summed E-state index contributed by atoms with van der Waals surface area (Å²) in [4.78, 5) is 39.8. The van der Waals surface area contributed by atoms with Gasteiger partial charge in [0.1, 0.15) is 12.1 Å². The number of carbonyl (C=O) groups excluding carboxylic acids is 3. The second-order valence-electron chi connectivity index (χ2n) is 7.38. The molecule has 2 N–H and O–H groups in total. The number of carbonyl (C=O) groups is 3. The van der Waals surface area contributed by atoms with Crippen LogP contribution in [0.4, 0.5) is 11.4 Å². The monoisotopic (exact) mass is 465 g/mol. The van der Waals surface area contributed by atoms with Gasteiger partial charge in [-0.25, -0.2) is 0 Å². The zero-order chi connectivity index (χ0) is 22.6. The molecule has 3 amide bonds. The van der Waals surface area contributed by atoms with Crippen molar-refractivity contribution in [3.8, 4) is 0 Å². The molecule has 1 atom stereocenters. The van der Waals surface area contributed by atoms with Crippen molar-refractivity contribution in [2.45, 2.75) is 19.4 Å². The minimum absolute atomic E-state index is 0.0248. The molecular weight excluding hydrogens is 442 g/mol. The molecule has 0 unspecified atom stereocenters. The van der Waals surface area contributed by atoms with Crippen LogP contribution < -0.4 is 15.5 Å². The summed E-state index contributed by atoms with van der Waals surface area (Å²) in [7, 11) is 1.46. The highest BCUT2D eigenvalue weighted by Gasteiger charge is 2.36. The maximum Gasteiger partial charge on any atom is 0.262 e. The van der Waals surface area contributed by atoms with Crippen LogP contribution in [0.5, 0.6) is 0 Å². The van der Waals surface area contributed by atoms with Crippen LogP contribution in [0.3, 0.4) is 0 Å². The molecule has 0 radical (unpaired) electrons. The highest BCUT2D eigenvalue weighted by Crippen LogP contribution is 2.26. The Morgan fingerprint density at radius 2 is 2.10 bits per heavy atom. The van der Waals surface area contributed by atoms with E-state index in [1.165, 1.54) is 7.11 Å². The van der Waals surface area contributed by atoms with Crippen molar-refractivity contribution >= 4 is 52.0 Å². The third-order valence-corrected chi connectivity index (χ3v) is 6.08. The number of amides is 3. The molecule has 3 rings (SSSR count). The lowest BCUT2D eigenvalue weighted by atomic mass is 10.0. The third kappa shape index (κ3) is 5.43. The molecule has 0 aliphatic carbocycles. The van der Waals surface area contributed by atoms with E-state index in [0.717, 1.165) is 22.6 Å². The largest absolute Gasteiger partial charge is 0.382 e. The molecule has 2 heterocycles. The highest BCUT2D eigenvalue weighted by atomic mass is 35.5. The molecule has 2 aromatic rings. The lowest BCUT2D eigenvalue weighted by Gasteiger charge is -2.30. The predicted molar refractivity (Wildman–Crippen MR) is 120 cm³/mol. The van der Waals surface area contributed by atoms with Gasteiger partial charge in [-0.05, 0) is 49.7 Å². The number of nitrogens with one attached hydrogen (secondary N) is 2. The van der Waals surface area contributed by atoms with Gasteiger partial charge in [-0.3, -0.25) is 14.4 Å². The Kier molecular flexibility index (Phi) is 7.32. The Hall–Kier alpha value is -2.46. The van der Waals surface area contributed by atoms with Gasteiger partial charge >= 0.3 is 0 Å². The number of nitrogens with zero attached hydrogens (tertiary/aromatic N) is 1. The fraction of sp³-hybridized carbons (Fsp3) is 0.381. The number of anilines is 2. The first-order valence-corrected chi connectivity index (χ1v) is 10.8. The normalized spacial score (nSPS) is 16.0. The van der Waals surface area contributed by atoms with E-state index in [-0.39, 0.29) is 19.1 Å². The smallest absolute Gasteiger partial charge is 0.262 e. The highest BCUT2D eigenvalue weighted by molar-refractivity contribution is 7.18. The van der Waals surface area contributed by atoms with Gasteiger partial charge in [-0.2, -0.15) is 0 Å². The standard InChI is InChI=1S/C21H24ClN3O5S/c1-13-10-14(4-5-15(13)25-8-9-30-11-18(25)26)23-20(28)21(2,12-29-3)24-19(27)16-6-7-17(22)31-16/h4-7,10H,8-9,11-12H2,1-3H3,(H,23,28)(H,24,27)/t21-/m1/s1. The van der Waals surface area contributed by atoms with E-state index in [1.54, 1.807) is 42.2 Å². The van der Waals surface area contributed by atoms with Crippen molar-refractivity contribution in [2.75, 3.05) is 43.7 Å². The lowest BCUT2D eigenvalue weighted by molar-refractivity contribution is -0.125. The number of thiophene rings is 1. The van der Waals surface area contributed by atoms with Gasteiger partial charge in [0.2, 0.25) is 0 Å². The summed E-state index contributed by atoms with van der Waals surface area (Å²) in [5.74, 6) is -0.945. The summed E-state index contributed by atoms with van der Waals surface area (Å²) in [5.41, 5.74) is 0.838. The molecule has 1 aliphatic rings. The van der Waals surface area contributed by atoms with Crippen molar-refractivity contribution in [3.05, 3.63) is 45.1 Å². The van der Waals surface area contributed by atoms with Gasteiger partial charge in [0.15, 0.2) is 0 Å². The fourth-order valence-corrected chi connectivity index (χ4v) is 4.21. The molecule has 1 aromatic carbocycles. The second-order valence-corrected chi connectivity index (χ2v) is 9.09. The number of methoxy groups -OCH3 is 1. The molecule has 10 heteroatoms. The van der Waals surface area contributed by atoms with Crippen LogP contribution in [0.25, 0.3) is 0 Å². The van der Waals surface area contributed by atoms with Crippen molar-refractivity contribution in [2.24, 2.45) is 0 Å². The minimum atomic E-state index is -1.31. The van der Waals surface area contributed by atoms with E-state index in [4.69, 9.17) is 21.1 Å². The fourth-order valence-electron chi connectivity index (χ4n) is 3.27. The average molecular weight is 466 g/mol. The average Bonchev–Trinajstić information content (AvgIpc) is 3.15. The topological polar surface area (TPSA) is 97.0 Å². The van der Waals surface area contributed by atoms with E-state index in [9.17, 15) is 14.4 Å². The molecular formula is C21H24ClN3O5S. The quantitative estimate of drug-likeness (QED) is 0.655. The minimum Gasteiger partial charge on any atom is -0.382 e. The van der Waals surface area contributed by atoms with Crippen molar-refractivity contribution < 1.29 is 23.9 Å². The van der Waals surface area contributed by atoms with Crippen LogP contribution in [-0.4, -0.2) is 56.7 Å². The molecule has 0 bridgehead atoms. The lowest BCUT2D eigenvalue weighted by Crippen LogP contribution is -2.57. The van der Waals surface area contributed by atoms with Gasteiger partial charge in [-0.1, -0.05) is 11.6 Å². The Balaban J connectivity index is 1.74. The van der Waals surface area contributed by atoms with E-state index in [1.807, 2.05) is 6.92 Å². The Morgan fingerprint density at radius 1 is 1.32 bits per heavy atom. The summed E-state index contributed by atoms with van der Waals surface area (Å²) in [6.45, 7) is 4.45. The molecule has 1 aliphatic heterocycles. The summed E-state index contributed by atoms with van der Waals surface area (Å²) in [6, 6.07) is 8.51. The van der Waals surface area contributed by atoms with Crippen molar-refractivity contribution in [1.82, 2.24) is 5.32 Å². The van der Waals surface area contributed by atoms with Crippen molar-refractivity contribution in [3.63, 3.8) is 0 Å². The molecule has 1 saturated heterocycles. The number of benzene rings is 1. The van der Waals surface area contributed by atoms with Crippen LogP contribution in [-0.2, 0) is 19.1 Å². The summed E-state index contributed by atoms with van der Waals surface area (Å²) in [6.07, 6.45) is 0. The molecule has 0 spiro atoms. The zero-order valence-corrected chi connectivity index (χ0v) is 19.1. The first-order valence-electron chi connectivity index (χ1n) is 9.60. The first-order chi connectivity index (χ1) is 14.7. The number of ether oxygens (including phenoxy) is 2.